The fourth-order valence-corrected chi connectivity index (χ4v) is 3.00. The molecule has 2 aliphatic rings. The van der Waals surface area contributed by atoms with Crippen LogP contribution in [0.15, 0.2) is 0 Å². The second-order valence-electron chi connectivity index (χ2n) is 6.26. The number of nitrogens with one attached hydrogen (secondary N) is 1. The molecule has 0 radical (unpaired) electrons. The summed E-state index contributed by atoms with van der Waals surface area (Å²) in [5.41, 5.74) is 5.49. The molecule has 0 aromatic rings. The average molecular weight is 253 g/mol. The number of carbonyl (C=O) groups excluding carboxylic acids is 1. The number of likely N-dealkylation sites (N-methyl/N-ethyl adjacent to an activating group) is 1. The van der Waals surface area contributed by atoms with Crippen LogP contribution >= 0.6 is 0 Å². The van der Waals surface area contributed by atoms with Crippen molar-refractivity contribution in [3.63, 3.8) is 0 Å². The van der Waals surface area contributed by atoms with Gasteiger partial charge < -0.3 is 16.0 Å². The molecule has 0 aromatic heterocycles. The summed E-state index contributed by atoms with van der Waals surface area (Å²) in [4.78, 5) is 13.8. The number of hydrogen-bond acceptors (Lipinski definition) is 3. The average Bonchev–Trinajstić information content (AvgIpc) is 3.12. The smallest absolute Gasteiger partial charge is 0.235 e. The summed E-state index contributed by atoms with van der Waals surface area (Å²) < 4.78 is 0. The van der Waals surface area contributed by atoms with Crippen LogP contribution in [0.3, 0.4) is 0 Å². The summed E-state index contributed by atoms with van der Waals surface area (Å²) in [5.74, 6) is 0.604. The van der Waals surface area contributed by atoms with Crippen molar-refractivity contribution in [2.24, 2.45) is 11.7 Å². The largest absolute Gasteiger partial charge is 0.368 e. The van der Waals surface area contributed by atoms with Crippen LogP contribution < -0.4 is 11.1 Å². The molecular weight excluding hydrogens is 226 g/mol. The van der Waals surface area contributed by atoms with Gasteiger partial charge >= 0.3 is 0 Å². The fraction of sp³-hybridized carbons (Fsp3) is 0.929. The standard InChI is InChI=1S/C14H27N3O/c1-10-4-3-5-12(8-10)17(2)9-13(14(15)18)16-11-6-7-11/h10-13,16H,3-9H2,1-2H3,(H2,15,18). The van der Waals surface area contributed by atoms with E-state index in [1.54, 1.807) is 0 Å². The summed E-state index contributed by atoms with van der Waals surface area (Å²) in [5, 5.41) is 3.36. The van der Waals surface area contributed by atoms with Crippen LogP contribution in [0.25, 0.3) is 0 Å². The highest BCUT2D eigenvalue weighted by Crippen LogP contribution is 2.27. The molecule has 2 rings (SSSR count). The maximum Gasteiger partial charge on any atom is 0.235 e. The van der Waals surface area contributed by atoms with Gasteiger partial charge in [-0.2, -0.15) is 0 Å². The van der Waals surface area contributed by atoms with E-state index in [4.69, 9.17) is 5.73 Å². The number of nitrogens with zero attached hydrogens (tertiary/aromatic N) is 1. The molecule has 0 heterocycles. The van der Waals surface area contributed by atoms with Crippen molar-refractivity contribution in [1.82, 2.24) is 10.2 Å². The molecule has 18 heavy (non-hydrogen) atoms. The van der Waals surface area contributed by atoms with E-state index in [1.807, 2.05) is 0 Å². The molecule has 0 bridgehead atoms. The van der Waals surface area contributed by atoms with Crippen molar-refractivity contribution >= 4 is 5.91 Å². The molecule has 0 aliphatic heterocycles. The first-order chi connectivity index (χ1) is 8.56. The molecule has 3 N–H and O–H groups in total. The number of nitrogens with two attached hydrogens (primary N) is 1. The molecule has 3 unspecified atom stereocenters. The molecule has 4 heteroatoms. The molecule has 1 amide bonds. The van der Waals surface area contributed by atoms with Crippen molar-refractivity contribution in [3.05, 3.63) is 0 Å². The van der Waals surface area contributed by atoms with Gasteiger partial charge in [0.25, 0.3) is 0 Å². The van der Waals surface area contributed by atoms with E-state index in [0.29, 0.717) is 12.1 Å². The van der Waals surface area contributed by atoms with Crippen LogP contribution in [0, 0.1) is 5.92 Å². The van der Waals surface area contributed by atoms with Gasteiger partial charge in [0.15, 0.2) is 0 Å². The van der Waals surface area contributed by atoms with Crippen LogP contribution in [0.1, 0.15) is 45.4 Å². The van der Waals surface area contributed by atoms with Gasteiger partial charge in [-0.15, -0.1) is 0 Å². The first-order valence-electron chi connectivity index (χ1n) is 7.32. The zero-order valence-corrected chi connectivity index (χ0v) is 11.7. The number of amides is 1. The van der Waals surface area contributed by atoms with Gasteiger partial charge in [0.2, 0.25) is 5.91 Å². The van der Waals surface area contributed by atoms with Crippen molar-refractivity contribution < 1.29 is 4.79 Å². The van der Waals surface area contributed by atoms with Crippen molar-refractivity contribution in [2.75, 3.05) is 13.6 Å². The highest BCUT2D eigenvalue weighted by Gasteiger charge is 2.30. The Balaban J connectivity index is 1.82. The zero-order valence-electron chi connectivity index (χ0n) is 11.7. The second kappa shape index (κ2) is 6.02. The van der Waals surface area contributed by atoms with E-state index >= 15 is 0 Å². The minimum atomic E-state index is -0.211. The number of primary amides is 1. The van der Waals surface area contributed by atoms with Crippen molar-refractivity contribution in [3.8, 4) is 0 Å². The molecule has 2 aliphatic carbocycles. The van der Waals surface area contributed by atoms with Crippen molar-refractivity contribution in [1.29, 1.82) is 0 Å². The Morgan fingerprint density at radius 1 is 1.39 bits per heavy atom. The van der Waals surface area contributed by atoms with Crippen LogP contribution in [-0.4, -0.2) is 42.5 Å². The molecule has 2 saturated carbocycles. The van der Waals surface area contributed by atoms with Crippen LogP contribution in [0.4, 0.5) is 0 Å². The monoisotopic (exact) mass is 253 g/mol. The number of rotatable bonds is 6. The van der Waals surface area contributed by atoms with Gasteiger partial charge in [-0.3, -0.25) is 4.79 Å². The summed E-state index contributed by atoms with van der Waals surface area (Å²) in [6.45, 7) is 3.08. The molecule has 4 nitrogen and oxygen atoms in total. The van der Waals surface area contributed by atoms with Crippen LogP contribution in [-0.2, 0) is 4.79 Å². The van der Waals surface area contributed by atoms with Crippen LogP contribution in [0.5, 0.6) is 0 Å². The Kier molecular flexibility index (Phi) is 4.62. The molecule has 0 aromatic carbocycles. The van der Waals surface area contributed by atoms with Gasteiger partial charge in [-0.05, 0) is 38.6 Å². The quantitative estimate of drug-likeness (QED) is 0.745. The number of hydrogen-bond donors (Lipinski definition) is 2. The third-order valence-electron chi connectivity index (χ3n) is 4.36. The third kappa shape index (κ3) is 3.95. The predicted octanol–water partition coefficient (Wildman–Crippen LogP) is 1.10. The lowest BCUT2D eigenvalue weighted by atomic mass is 9.86. The summed E-state index contributed by atoms with van der Waals surface area (Å²) >= 11 is 0. The Morgan fingerprint density at radius 2 is 2.11 bits per heavy atom. The van der Waals surface area contributed by atoms with E-state index in [-0.39, 0.29) is 11.9 Å². The summed E-state index contributed by atoms with van der Waals surface area (Å²) in [6, 6.07) is 0.970. The van der Waals surface area contributed by atoms with Crippen LogP contribution in [0.2, 0.25) is 0 Å². The van der Waals surface area contributed by atoms with Gasteiger partial charge in [0.1, 0.15) is 0 Å². The first kappa shape index (κ1) is 13.8. The van der Waals surface area contributed by atoms with E-state index in [1.165, 1.54) is 38.5 Å². The Bertz CT molecular complexity index is 291. The fourth-order valence-electron chi connectivity index (χ4n) is 3.00. The van der Waals surface area contributed by atoms with E-state index < -0.39 is 0 Å². The van der Waals surface area contributed by atoms with Crippen molar-refractivity contribution in [2.45, 2.75) is 63.6 Å². The Morgan fingerprint density at radius 3 is 2.67 bits per heavy atom. The molecular formula is C14H27N3O. The second-order valence-corrected chi connectivity index (χ2v) is 6.26. The highest BCUT2D eigenvalue weighted by molar-refractivity contribution is 5.80. The van der Waals surface area contributed by atoms with Gasteiger partial charge in [-0.25, -0.2) is 0 Å². The maximum absolute atomic E-state index is 11.5. The van der Waals surface area contributed by atoms with Gasteiger partial charge in [0, 0.05) is 18.6 Å². The normalized spacial score (nSPS) is 30.4. The number of carbonyl (C=O) groups is 1. The lowest BCUT2D eigenvalue weighted by Crippen LogP contribution is -2.51. The summed E-state index contributed by atoms with van der Waals surface area (Å²) in [7, 11) is 2.13. The predicted molar refractivity (Wildman–Crippen MR) is 73.2 cm³/mol. The van der Waals surface area contributed by atoms with E-state index in [0.717, 1.165) is 12.5 Å². The first-order valence-corrected chi connectivity index (χ1v) is 7.32. The van der Waals surface area contributed by atoms with Gasteiger partial charge in [-0.1, -0.05) is 19.8 Å². The maximum atomic E-state index is 11.5. The molecule has 2 fully saturated rings. The van der Waals surface area contributed by atoms with E-state index in [9.17, 15) is 4.79 Å². The summed E-state index contributed by atoms with van der Waals surface area (Å²) in [6.07, 6.45) is 7.56. The SMILES string of the molecule is CC1CCCC(N(C)CC(NC2CC2)C(N)=O)C1. The lowest BCUT2D eigenvalue weighted by molar-refractivity contribution is -0.120. The molecule has 0 saturated heterocycles. The van der Waals surface area contributed by atoms with Gasteiger partial charge in [0.05, 0.1) is 6.04 Å². The molecule has 104 valence electrons. The zero-order chi connectivity index (χ0) is 13.1. The topological polar surface area (TPSA) is 58.4 Å². The molecule has 3 atom stereocenters. The van der Waals surface area contributed by atoms with E-state index in [2.05, 4.69) is 24.2 Å². The highest BCUT2D eigenvalue weighted by atomic mass is 16.1. The lowest BCUT2D eigenvalue weighted by Gasteiger charge is -2.35. The molecule has 0 spiro atoms. The third-order valence-corrected chi connectivity index (χ3v) is 4.36. The minimum Gasteiger partial charge on any atom is -0.368 e. The minimum absolute atomic E-state index is 0.181. The Hall–Kier alpha value is -0.610. The Labute approximate surface area is 110 Å².